The largest absolute Gasteiger partial charge is 0.324 e. The molecule has 2 heterocycles. The van der Waals surface area contributed by atoms with Crippen LogP contribution in [0.15, 0.2) is 36.4 Å². The smallest absolute Gasteiger partial charge is 0.324 e. The first-order chi connectivity index (χ1) is 13.4. The number of likely N-dealkylation sites (N-methyl/N-ethyl adjacent to an activating group) is 1. The average Bonchev–Trinajstić information content (AvgIpc) is 3.22. The topological polar surface area (TPSA) is 26.8 Å². The molecule has 2 aromatic carbocycles. The molecule has 2 aliphatic rings. The standard InChI is InChI=1S/C22H25Cl2N3O/c1-25-13-19(18-11-16(23)12-21(24)20(18)14-25)15-6-5-7-17(10-15)26(2)22(28)27-8-3-4-9-27/h5-7,10-12,19H,3-4,8-9,13-14H2,1-2H3. The molecule has 0 aliphatic carbocycles. The van der Waals surface area contributed by atoms with Crippen LogP contribution in [0.25, 0.3) is 0 Å². The lowest BCUT2D eigenvalue weighted by molar-refractivity contribution is 0.217. The molecule has 4 nitrogen and oxygen atoms in total. The van der Waals surface area contributed by atoms with E-state index in [0.29, 0.717) is 5.02 Å². The fourth-order valence-electron chi connectivity index (χ4n) is 4.31. The van der Waals surface area contributed by atoms with E-state index >= 15 is 0 Å². The first kappa shape index (κ1) is 19.6. The number of halogens is 2. The Morgan fingerprint density at radius 2 is 1.89 bits per heavy atom. The van der Waals surface area contributed by atoms with Crippen LogP contribution >= 0.6 is 23.2 Å². The van der Waals surface area contributed by atoms with Crippen LogP contribution in [0.2, 0.25) is 10.0 Å². The molecule has 1 saturated heterocycles. The Morgan fingerprint density at radius 3 is 2.64 bits per heavy atom. The summed E-state index contributed by atoms with van der Waals surface area (Å²) in [6.07, 6.45) is 2.18. The highest BCUT2D eigenvalue weighted by Crippen LogP contribution is 2.39. The fourth-order valence-corrected chi connectivity index (χ4v) is 4.88. The Labute approximate surface area is 176 Å². The second kappa shape index (κ2) is 7.94. The maximum absolute atomic E-state index is 12.8. The number of carbonyl (C=O) groups excluding carboxylic acids is 1. The Balaban J connectivity index is 1.67. The normalized spacial score (nSPS) is 19.6. The summed E-state index contributed by atoms with van der Waals surface area (Å²) in [6.45, 7) is 3.40. The van der Waals surface area contributed by atoms with E-state index in [1.807, 2.05) is 36.2 Å². The molecule has 0 aromatic heterocycles. The Bertz CT molecular complexity index is 895. The van der Waals surface area contributed by atoms with E-state index < -0.39 is 0 Å². The lowest BCUT2D eigenvalue weighted by Crippen LogP contribution is -2.39. The molecule has 2 amide bonds. The highest BCUT2D eigenvalue weighted by molar-refractivity contribution is 6.35. The molecule has 28 heavy (non-hydrogen) atoms. The zero-order chi connectivity index (χ0) is 19.8. The molecule has 0 spiro atoms. The Hall–Kier alpha value is -1.75. The summed E-state index contributed by atoms with van der Waals surface area (Å²) in [5.74, 6) is 0.167. The number of hydrogen-bond acceptors (Lipinski definition) is 2. The summed E-state index contributed by atoms with van der Waals surface area (Å²) in [6, 6.07) is 12.2. The van der Waals surface area contributed by atoms with Crippen LogP contribution < -0.4 is 4.90 Å². The van der Waals surface area contributed by atoms with Crippen molar-refractivity contribution < 1.29 is 4.79 Å². The van der Waals surface area contributed by atoms with Gasteiger partial charge in [0.25, 0.3) is 0 Å². The number of benzene rings is 2. The van der Waals surface area contributed by atoms with E-state index in [2.05, 4.69) is 24.1 Å². The second-order valence-electron chi connectivity index (χ2n) is 7.84. The number of fused-ring (bicyclic) bond motifs is 1. The van der Waals surface area contributed by atoms with Gasteiger partial charge in [-0.25, -0.2) is 4.79 Å². The number of carbonyl (C=O) groups is 1. The molecule has 0 N–H and O–H groups in total. The quantitative estimate of drug-likeness (QED) is 0.669. The maximum Gasteiger partial charge on any atom is 0.324 e. The van der Waals surface area contributed by atoms with Crippen LogP contribution in [-0.4, -0.2) is 49.6 Å². The monoisotopic (exact) mass is 417 g/mol. The molecule has 1 atom stereocenters. The molecule has 2 aliphatic heterocycles. The second-order valence-corrected chi connectivity index (χ2v) is 8.68. The van der Waals surface area contributed by atoms with Crippen LogP contribution in [0.1, 0.15) is 35.4 Å². The minimum Gasteiger partial charge on any atom is -0.324 e. The van der Waals surface area contributed by atoms with Crippen molar-refractivity contribution in [1.29, 1.82) is 0 Å². The summed E-state index contributed by atoms with van der Waals surface area (Å²) in [4.78, 5) is 18.7. The first-order valence-electron chi connectivity index (χ1n) is 9.73. The highest BCUT2D eigenvalue weighted by atomic mass is 35.5. The van der Waals surface area contributed by atoms with Crippen molar-refractivity contribution in [1.82, 2.24) is 9.80 Å². The van der Waals surface area contributed by atoms with Crippen LogP contribution in [0.3, 0.4) is 0 Å². The molecule has 4 rings (SSSR count). The molecule has 0 radical (unpaired) electrons. The minimum atomic E-state index is 0.0712. The molecule has 1 fully saturated rings. The van der Waals surface area contributed by atoms with Crippen LogP contribution in [0.5, 0.6) is 0 Å². The van der Waals surface area contributed by atoms with E-state index in [1.54, 1.807) is 4.90 Å². The van der Waals surface area contributed by atoms with Gasteiger partial charge in [-0.05, 0) is 60.8 Å². The van der Waals surface area contributed by atoms with Crippen molar-refractivity contribution in [2.75, 3.05) is 38.6 Å². The lowest BCUT2D eigenvalue weighted by Gasteiger charge is -2.34. The lowest BCUT2D eigenvalue weighted by atomic mass is 9.84. The van der Waals surface area contributed by atoms with E-state index in [0.717, 1.165) is 55.3 Å². The van der Waals surface area contributed by atoms with Gasteiger partial charge in [-0.2, -0.15) is 0 Å². The van der Waals surface area contributed by atoms with Crippen molar-refractivity contribution in [2.45, 2.75) is 25.3 Å². The molecule has 0 bridgehead atoms. The molecule has 148 valence electrons. The van der Waals surface area contributed by atoms with Gasteiger partial charge < -0.3 is 9.80 Å². The SMILES string of the molecule is CN1Cc2c(Cl)cc(Cl)cc2C(c2cccc(N(C)C(=O)N3CCCC3)c2)C1. The van der Waals surface area contributed by atoms with Crippen molar-refractivity contribution in [3.63, 3.8) is 0 Å². The third-order valence-corrected chi connectivity index (χ3v) is 6.37. The van der Waals surface area contributed by atoms with Crippen molar-refractivity contribution in [3.8, 4) is 0 Å². The van der Waals surface area contributed by atoms with Crippen molar-refractivity contribution >= 4 is 34.9 Å². The summed E-state index contributed by atoms with van der Waals surface area (Å²) >= 11 is 12.8. The third kappa shape index (κ3) is 3.73. The molecule has 1 unspecified atom stereocenters. The summed E-state index contributed by atoms with van der Waals surface area (Å²) in [5.41, 5.74) is 4.40. The number of urea groups is 1. The number of rotatable bonds is 2. The summed E-state index contributed by atoms with van der Waals surface area (Å²) < 4.78 is 0. The molecular weight excluding hydrogens is 393 g/mol. The van der Waals surface area contributed by atoms with Crippen molar-refractivity contribution in [3.05, 3.63) is 63.1 Å². The van der Waals surface area contributed by atoms with E-state index in [9.17, 15) is 4.79 Å². The van der Waals surface area contributed by atoms with Gasteiger partial charge >= 0.3 is 6.03 Å². The number of hydrogen-bond donors (Lipinski definition) is 0. The number of amides is 2. The van der Waals surface area contributed by atoms with Gasteiger partial charge in [0.15, 0.2) is 0 Å². The number of nitrogens with zero attached hydrogens (tertiary/aromatic N) is 3. The fraction of sp³-hybridized carbons (Fsp3) is 0.409. The molecule has 6 heteroatoms. The Morgan fingerprint density at radius 1 is 1.14 bits per heavy atom. The number of anilines is 1. The van der Waals surface area contributed by atoms with Gasteiger partial charge in [-0.3, -0.25) is 4.90 Å². The zero-order valence-electron chi connectivity index (χ0n) is 16.3. The highest BCUT2D eigenvalue weighted by Gasteiger charge is 2.28. The van der Waals surface area contributed by atoms with Gasteiger partial charge in [0, 0.05) is 54.9 Å². The van der Waals surface area contributed by atoms with Crippen LogP contribution in [0.4, 0.5) is 10.5 Å². The average molecular weight is 418 g/mol. The predicted molar refractivity (Wildman–Crippen MR) is 116 cm³/mol. The van der Waals surface area contributed by atoms with Crippen molar-refractivity contribution in [2.24, 2.45) is 0 Å². The van der Waals surface area contributed by atoms with Gasteiger partial charge in [0.2, 0.25) is 0 Å². The van der Waals surface area contributed by atoms with Crippen LogP contribution in [0, 0.1) is 0 Å². The van der Waals surface area contributed by atoms with Gasteiger partial charge in [0.05, 0.1) is 0 Å². The van der Waals surface area contributed by atoms with E-state index in [1.165, 1.54) is 11.1 Å². The Kier molecular flexibility index (Phi) is 5.55. The summed E-state index contributed by atoms with van der Waals surface area (Å²) in [5, 5.41) is 1.38. The molecule has 0 saturated carbocycles. The maximum atomic E-state index is 12.8. The third-order valence-electron chi connectivity index (χ3n) is 5.82. The van der Waals surface area contributed by atoms with Gasteiger partial charge in [0.1, 0.15) is 0 Å². The van der Waals surface area contributed by atoms with Crippen LogP contribution in [-0.2, 0) is 6.54 Å². The van der Waals surface area contributed by atoms with E-state index in [4.69, 9.17) is 23.2 Å². The molecule has 2 aromatic rings. The number of likely N-dealkylation sites (tertiary alicyclic amines) is 1. The first-order valence-corrected chi connectivity index (χ1v) is 10.5. The van der Waals surface area contributed by atoms with E-state index in [-0.39, 0.29) is 11.9 Å². The van der Waals surface area contributed by atoms with Gasteiger partial charge in [-0.1, -0.05) is 35.3 Å². The molecular formula is C22H25Cl2N3O. The predicted octanol–water partition coefficient (Wildman–Crippen LogP) is 5.22. The zero-order valence-corrected chi connectivity index (χ0v) is 17.8. The summed E-state index contributed by atoms with van der Waals surface area (Å²) in [7, 11) is 3.96. The van der Waals surface area contributed by atoms with Gasteiger partial charge in [-0.15, -0.1) is 0 Å². The minimum absolute atomic E-state index is 0.0712.